The number of ether oxygens (including phenoxy) is 1. The van der Waals surface area contributed by atoms with E-state index in [1.807, 2.05) is 28.9 Å². The lowest BCUT2D eigenvalue weighted by Crippen LogP contribution is -2.33. The van der Waals surface area contributed by atoms with Crippen LogP contribution in [0, 0.1) is 0 Å². The number of hydrogen-bond donors (Lipinski definition) is 0. The van der Waals surface area contributed by atoms with Gasteiger partial charge >= 0.3 is 0 Å². The quantitative estimate of drug-likeness (QED) is 0.502. The number of anilines is 1. The van der Waals surface area contributed by atoms with Gasteiger partial charge in [0.2, 0.25) is 5.13 Å². The third kappa shape index (κ3) is 3.12. The standard InChI is InChI=1S/C17H19N9OS/c1-27-11-15-20-22-17(28-15)24-9-5-12(6-10-24)16-21-19-13-3-4-14(23-26(13)16)25-8-2-7-18-25/h2-4,7-8,12H,5-6,9-11H2,1H3. The van der Waals surface area contributed by atoms with E-state index in [9.17, 15) is 0 Å². The van der Waals surface area contributed by atoms with Gasteiger partial charge < -0.3 is 9.64 Å². The van der Waals surface area contributed by atoms with Crippen LogP contribution in [0.5, 0.6) is 0 Å². The van der Waals surface area contributed by atoms with Gasteiger partial charge in [-0.1, -0.05) is 11.3 Å². The van der Waals surface area contributed by atoms with Crippen LogP contribution in [0.4, 0.5) is 5.13 Å². The van der Waals surface area contributed by atoms with Crippen LogP contribution < -0.4 is 4.90 Å². The van der Waals surface area contributed by atoms with Gasteiger partial charge in [-0.25, -0.2) is 4.68 Å². The molecule has 4 aromatic rings. The molecule has 1 aliphatic rings. The van der Waals surface area contributed by atoms with Crippen LogP contribution in [-0.4, -0.2) is 60.0 Å². The smallest absolute Gasteiger partial charge is 0.208 e. The monoisotopic (exact) mass is 397 g/mol. The van der Waals surface area contributed by atoms with E-state index < -0.39 is 0 Å². The number of rotatable bonds is 5. The number of piperidine rings is 1. The lowest BCUT2D eigenvalue weighted by molar-refractivity contribution is 0.184. The Morgan fingerprint density at radius 2 is 2.04 bits per heavy atom. The van der Waals surface area contributed by atoms with E-state index in [-0.39, 0.29) is 0 Å². The first-order chi connectivity index (χ1) is 13.8. The molecule has 0 radical (unpaired) electrons. The molecule has 0 aromatic carbocycles. The van der Waals surface area contributed by atoms with Crippen LogP contribution in [0.25, 0.3) is 11.5 Å². The first kappa shape index (κ1) is 17.2. The molecule has 5 rings (SSSR count). The Hall–Kier alpha value is -2.92. The molecule has 1 fully saturated rings. The highest BCUT2D eigenvalue weighted by Crippen LogP contribution is 2.31. The third-order valence-electron chi connectivity index (χ3n) is 4.87. The molecule has 11 heteroatoms. The van der Waals surface area contributed by atoms with Crippen LogP contribution in [0.2, 0.25) is 0 Å². The maximum Gasteiger partial charge on any atom is 0.208 e. The van der Waals surface area contributed by atoms with E-state index in [0.29, 0.717) is 12.5 Å². The minimum atomic E-state index is 0.304. The molecule has 0 saturated carbocycles. The predicted octanol–water partition coefficient (Wildman–Crippen LogP) is 1.69. The minimum absolute atomic E-state index is 0.304. The third-order valence-corrected chi connectivity index (χ3v) is 5.82. The number of aromatic nitrogens is 8. The molecule has 0 bridgehead atoms. The molecule has 1 saturated heterocycles. The summed E-state index contributed by atoms with van der Waals surface area (Å²) in [4.78, 5) is 2.28. The van der Waals surface area contributed by atoms with Crippen LogP contribution in [0.1, 0.15) is 29.6 Å². The number of methoxy groups -OCH3 is 1. The average molecular weight is 397 g/mol. The highest BCUT2D eigenvalue weighted by Gasteiger charge is 2.27. The molecular formula is C17H19N9OS. The van der Waals surface area contributed by atoms with Crippen LogP contribution in [-0.2, 0) is 11.3 Å². The maximum absolute atomic E-state index is 5.13. The van der Waals surface area contributed by atoms with Gasteiger partial charge in [0.1, 0.15) is 11.6 Å². The molecule has 4 aromatic heterocycles. The van der Waals surface area contributed by atoms with Crippen molar-refractivity contribution in [2.45, 2.75) is 25.4 Å². The summed E-state index contributed by atoms with van der Waals surface area (Å²) in [6, 6.07) is 5.70. The summed E-state index contributed by atoms with van der Waals surface area (Å²) in [7, 11) is 1.67. The fourth-order valence-electron chi connectivity index (χ4n) is 3.46. The summed E-state index contributed by atoms with van der Waals surface area (Å²) in [5, 5.41) is 28.0. The van der Waals surface area contributed by atoms with Crippen molar-refractivity contribution in [2.75, 3.05) is 25.1 Å². The van der Waals surface area contributed by atoms with Crippen molar-refractivity contribution in [3.8, 4) is 5.82 Å². The highest BCUT2D eigenvalue weighted by atomic mass is 32.1. The molecule has 0 aliphatic carbocycles. The minimum Gasteiger partial charge on any atom is -0.377 e. The molecule has 0 N–H and O–H groups in total. The van der Waals surface area contributed by atoms with E-state index in [0.717, 1.165) is 53.4 Å². The predicted molar refractivity (Wildman–Crippen MR) is 103 cm³/mol. The molecule has 0 atom stereocenters. The first-order valence-corrected chi connectivity index (χ1v) is 9.92. The normalized spacial score (nSPS) is 15.5. The van der Waals surface area contributed by atoms with E-state index in [4.69, 9.17) is 9.84 Å². The Morgan fingerprint density at radius 1 is 1.14 bits per heavy atom. The van der Waals surface area contributed by atoms with Crippen molar-refractivity contribution in [3.63, 3.8) is 0 Å². The lowest BCUT2D eigenvalue weighted by Gasteiger charge is -2.30. The summed E-state index contributed by atoms with van der Waals surface area (Å²) >= 11 is 1.59. The van der Waals surface area contributed by atoms with Crippen molar-refractivity contribution in [1.29, 1.82) is 0 Å². The van der Waals surface area contributed by atoms with Gasteiger partial charge in [-0.15, -0.1) is 25.5 Å². The van der Waals surface area contributed by atoms with Crippen molar-refractivity contribution in [3.05, 3.63) is 41.4 Å². The average Bonchev–Trinajstić information content (AvgIpc) is 3.48. The molecule has 0 amide bonds. The van der Waals surface area contributed by atoms with E-state index in [2.05, 4.69) is 30.4 Å². The van der Waals surface area contributed by atoms with E-state index >= 15 is 0 Å². The number of fused-ring (bicyclic) bond motifs is 1. The second-order valence-electron chi connectivity index (χ2n) is 6.64. The molecule has 0 unspecified atom stereocenters. The van der Waals surface area contributed by atoms with Gasteiger partial charge in [-0.05, 0) is 31.0 Å². The van der Waals surface area contributed by atoms with Gasteiger partial charge in [0, 0.05) is 38.5 Å². The SMILES string of the molecule is COCc1nnc(N2CCC(c3nnc4ccc(-n5cccn5)nn34)CC2)s1. The van der Waals surface area contributed by atoms with Crippen LogP contribution >= 0.6 is 11.3 Å². The zero-order chi connectivity index (χ0) is 18.9. The van der Waals surface area contributed by atoms with Gasteiger partial charge in [0.25, 0.3) is 0 Å². The molecular weight excluding hydrogens is 378 g/mol. The molecule has 0 spiro atoms. The van der Waals surface area contributed by atoms with Crippen molar-refractivity contribution in [1.82, 2.24) is 39.8 Å². The second-order valence-corrected chi connectivity index (χ2v) is 7.68. The largest absolute Gasteiger partial charge is 0.377 e. The second kappa shape index (κ2) is 7.24. The summed E-state index contributed by atoms with van der Waals surface area (Å²) in [5.41, 5.74) is 0.752. The molecule has 10 nitrogen and oxygen atoms in total. The fraction of sp³-hybridized carbons (Fsp3) is 0.412. The summed E-state index contributed by atoms with van der Waals surface area (Å²) < 4.78 is 8.71. The van der Waals surface area contributed by atoms with Gasteiger partial charge in [0.05, 0.1) is 0 Å². The topological polar surface area (TPSA) is 99.2 Å². The number of nitrogens with zero attached hydrogens (tertiary/aromatic N) is 9. The summed E-state index contributed by atoms with van der Waals surface area (Å²) in [5.74, 6) is 1.95. The lowest BCUT2D eigenvalue weighted by atomic mass is 9.96. The van der Waals surface area contributed by atoms with E-state index in [1.54, 1.807) is 29.3 Å². The van der Waals surface area contributed by atoms with Crippen molar-refractivity contribution in [2.24, 2.45) is 0 Å². The van der Waals surface area contributed by atoms with Crippen LogP contribution in [0.3, 0.4) is 0 Å². The first-order valence-electron chi connectivity index (χ1n) is 9.10. The van der Waals surface area contributed by atoms with Gasteiger partial charge in [-0.3, -0.25) is 0 Å². The Kier molecular flexibility index (Phi) is 4.45. The van der Waals surface area contributed by atoms with Gasteiger partial charge in [-0.2, -0.15) is 9.61 Å². The zero-order valence-corrected chi connectivity index (χ0v) is 16.2. The Bertz CT molecular complexity index is 1070. The zero-order valence-electron chi connectivity index (χ0n) is 15.3. The highest BCUT2D eigenvalue weighted by molar-refractivity contribution is 7.15. The molecule has 28 heavy (non-hydrogen) atoms. The van der Waals surface area contributed by atoms with Crippen LogP contribution in [0.15, 0.2) is 30.6 Å². The fourth-order valence-corrected chi connectivity index (χ4v) is 4.32. The van der Waals surface area contributed by atoms with Crippen molar-refractivity contribution < 1.29 is 4.74 Å². The number of hydrogen-bond acceptors (Lipinski definition) is 9. The molecule has 144 valence electrons. The molecule has 1 aliphatic heterocycles. The Labute approximate surface area is 164 Å². The molecule has 5 heterocycles. The Morgan fingerprint density at radius 3 is 2.82 bits per heavy atom. The Balaban J connectivity index is 1.34. The maximum atomic E-state index is 5.13. The van der Waals surface area contributed by atoms with E-state index in [1.165, 1.54) is 0 Å². The summed E-state index contributed by atoms with van der Waals surface area (Å²) in [6.07, 6.45) is 5.54. The van der Waals surface area contributed by atoms with Crippen molar-refractivity contribution >= 4 is 22.1 Å². The summed E-state index contributed by atoms with van der Waals surface area (Å²) in [6.45, 7) is 2.31. The van der Waals surface area contributed by atoms with Gasteiger partial charge in [0.15, 0.2) is 17.3 Å².